The van der Waals surface area contributed by atoms with Crippen molar-refractivity contribution in [3.63, 3.8) is 0 Å². The number of hydrogen-bond donors (Lipinski definition) is 1. The average molecular weight is 391 g/mol. The van der Waals surface area contributed by atoms with Crippen LogP contribution in [-0.4, -0.2) is 33.2 Å². The first kappa shape index (κ1) is 18.1. The molecule has 0 aliphatic rings. The van der Waals surface area contributed by atoms with E-state index in [1.807, 2.05) is 6.07 Å². The Kier molecular flexibility index (Phi) is 5.34. The second kappa shape index (κ2) is 7.67. The van der Waals surface area contributed by atoms with E-state index in [1.54, 1.807) is 42.9 Å². The molecule has 0 aliphatic heterocycles. The van der Waals surface area contributed by atoms with Crippen LogP contribution in [0.25, 0.3) is 5.69 Å². The number of benzene rings is 1. The molecule has 7 nitrogen and oxygen atoms in total. The van der Waals surface area contributed by atoms with Crippen LogP contribution in [-0.2, 0) is 4.74 Å². The van der Waals surface area contributed by atoms with E-state index in [0.717, 1.165) is 17.0 Å². The number of nitrogens with zero attached hydrogens (tertiary/aromatic N) is 3. The number of aromatic nitrogens is 3. The number of ether oxygens (including phenoxy) is 1. The van der Waals surface area contributed by atoms with Crippen LogP contribution in [0, 0.1) is 6.92 Å². The van der Waals surface area contributed by atoms with E-state index < -0.39 is 5.97 Å². The molecule has 3 rings (SSSR count). The molecule has 9 heteroatoms. The van der Waals surface area contributed by atoms with Crippen LogP contribution < -0.4 is 5.32 Å². The Morgan fingerprint density at radius 1 is 1.38 bits per heavy atom. The van der Waals surface area contributed by atoms with Crippen LogP contribution in [0.3, 0.4) is 0 Å². The number of esters is 1. The van der Waals surface area contributed by atoms with Crippen LogP contribution in [0.5, 0.6) is 0 Å². The molecule has 3 aromatic rings. The van der Waals surface area contributed by atoms with Crippen molar-refractivity contribution < 1.29 is 14.3 Å². The van der Waals surface area contributed by atoms with Crippen LogP contribution in [0.4, 0.5) is 5.13 Å². The molecule has 0 saturated carbocycles. The van der Waals surface area contributed by atoms with Gasteiger partial charge in [-0.25, -0.2) is 14.5 Å². The van der Waals surface area contributed by atoms with Gasteiger partial charge in [-0.1, -0.05) is 29.0 Å². The fraction of sp³-hybridized carbons (Fsp3) is 0.176. The predicted molar refractivity (Wildman–Crippen MR) is 99.3 cm³/mol. The Hall–Kier alpha value is -2.71. The molecule has 1 N–H and O–H groups in total. The molecule has 0 spiro atoms. The van der Waals surface area contributed by atoms with E-state index >= 15 is 0 Å². The second-order valence-electron chi connectivity index (χ2n) is 5.26. The number of carbonyl (C=O) groups excluding carboxylic acids is 2. The molecule has 1 amide bonds. The standard InChI is InChI=1S/C17H15ClN4O3S/c1-3-25-16(24)14-10(2)20-17(26-14)21-15(23)11-8-19-22(9-11)13-6-4-5-12(18)7-13/h4-9H,3H2,1-2H3,(H,20,21,23). The molecule has 0 fully saturated rings. The summed E-state index contributed by atoms with van der Waals surface area (Å²) < 4.78 is 6.52. The average Bonchev–Trinajstić information content (AvgIpc) is 3.22. The quantitative estimate of drug-likeness (QED) is 0.671. The molecule has 0 atom stereocenters. The molecule has 0 radical (unpaired) electrons. The van der Waals surface area contributed by atoms with Gasteiger partial charge in [-0.05, 0) is 32.0 Å². The molecule has 1 aromatic carbocycles. The summed E-state index contributed by atoms with van der Waals surface area (Å²) in [6, 6.07) is 7.13. The van der Waals surface area contributed by atoms with Gasteiger partial charge in [-0.3, -0.25) is 10.1 Å². The first-order chi connectivity index (χ1) is 12.5. The smallest absolute Gasteiger partial charge is 0.350 e. The van der Waals surface area contributed by atoms with Crippen molar-refractivity contribution in [2.45, 2.75) is 13.8 Å². The highest BCUT2D eigenvalue weighted by molar-refractivity contribution is 7.17. The van der Waals surface area contributed by atoms with E-state index in [-0.39, 0.29) is 12.5 Å². The first-order valence-corrected chi connectivity index (χ1v) is 8.94. The lowest BCUT2D eigenvalue weighted by atomic mass is 10.3. The lowest BCUT2D eigenvalue weighted by Crippen LogP contribution is -2.10. The van der Waals surface area contributed by atoms with Gasteiger partial charge in [0.25, 0.3) is 5.91 Å². The Morgan fingerprint density at radius 3 is 2.92 bits per heavy atom. The lowest BCUT2D eigenvalue weighted by molar-refractivity contribution is 0.0531. The fourth-order valence-corrected chi connectivity index (χ4v) is 3.24. The van der Waals surface area contributed by atoms with E-state index in [4.69, 9.17) is 16.3 Å². The Labute approximate surface area is 158 Å². The van der Waals surface area contributed by atoms with Gasteiger partial charge in [0.2, 0.25) is 0 Å². The highest BCUT2D eigenvalue weighted by atomic mass is 35.5. The van der Waals surface area contributed by atoms with Crippen molar-refractivity contribution in [1.29, 1.82) is 0 Å². The number of thiazole rings is 1. The van der Waals surface area contributed by atoms with Crippen LogP contribution in [0.1, 0.15) is 32.6 Å². The summed E-state index contributed by atoms with van der Waals surface area (Å²) in [6.07, 6.45) is 3.04. The maximum atomic E-state index is 12.4. The molecule has 0 bridgehead atoms. The Bertz CT molecular complexity index is 967. The van der Waals surface area contributed by atoms with E-state index in [0.29, 0.717) is 26.3 Å². The first-order valence-electron chi connectivity index (χ1n) is 7.74. The number of halogens is 1. The number of nitrogens with one attached hydrogen (secondary N) is 1. The summed E-state index contributed by atoms with van der Waals surface area (Å²) in [4.78, 5) is 28.8. The normalized spacial score (nSPS) is 10.6. The summed E-state index contributed by atoms with van der Waals surface area (Å²) >= 11 is 7.04. The largest absolute Gasteiger partial charge is 0.462 e. The zero-order valence-corrected chi connectivity index (χ0v) is 15.6. The summed E-state index contributed by atoms with van der Waals surface area (Å²) in [5.74, 6) is -0.820. The number of aryl methyl sites for hydroxylation is 1. The third-order valence-electron chi connectivity index (χ3n) is 3.40. The van der Waals surface area contributed by atoms with Gasteiger partial charge in [-0.15, -0.1) is 0 Å². The van der Waals surface area contributed by atoms with Gasteiger partial charge in [0.15, 0.2) is 5.13 Å². The van der Waals surface area contributed by atoms with Gasteiger partial charge >= 0.3 is 5.97 Å². The monoisotopic (exact) mass is 390 g/mol. The molecule has 26 heavy (non-hydrogen) atoms. The lowest BCUT2D eigenvalue weighted by Gasteiger charge is -2.01. The third kappa shape index (κ3) is 3.92. The molecular weight excluding hydrogens is 376 g/mol. The number of carbonyl (C=O) groups is 2. The van der Waals surface area contributed by atoms with Crippen molar-refractivity contribution in [2.24, 2.45) is 0 Å². The van der Waals surface area contributed by atoms with E-state index in [9.17, 15) is 9.59 Å². The maximum absolute atomic E-state index is 12.4. The minimum Gasteiger partial charge on any atom is -0.462 e. The maximum Gasteiger partial charge on any atom is 0.350 e. The summed E-state index contributed by atoms with van der Waals surface area (Å²) in [6.45, 7) is 3.70. The minimum absolute atomic E-state index is 0.278. The number of rotatable bonds is 5. The molecule has 0 saturated heterocycles. The van der Waals surface area contributed by atoms with Crippen LogP contribution >= 0.6 is 22.9 Å². The van der Waals surface area contributed by atoms with Crippen molar-refractivity contribution in [3.05, 3.63) is 57.8 Å². The topological polar surface area (TPSA) is 86.1 Å². The van der Waals surface area contributed by atoms with Crippen molar-refractivity contribution in [3.8, 4) is 5.69 Å². The van der Waals surface area contributed by atoms with Crippen molar-refractivity contribution in [2.75, 3.05) is 11.9 Å². The Balaban J connectivity index is 1.75. The van der Waals surface area contributed by atoms with Crippen molar-refractivity contribution in [1.82, 2.24) is 14.8 Å². The highest BCUT2D eigenvalue weighted by Crippen LogP contribution is 2.24. The zero-order valence-electron chi connectivity index (χ0n) is 14.0. The molecule has 134 valence electrons. The van der Waals surface area contributed by atoms with Gasteiger partial charge in [0, 0.05) is 11.2 Å². The molecule has 0 aliphatic carbocycles. The highest BCUT2D eigenvalue weighted by Gasteiger charge is 2.18. The number of amides is 1. The van der Waals surface area contributed by atoms with Crippen LogP contribution in [0.2, 0.25) is 5.02 Å². The molecule has 0 unspecified atom stereocenters. The predicted octanol–water partition coefficient (Wildman–Crippen LogP) is 3.72. The van der Waals surface area contributed by atoms with E-state index in [2.05, 4.69) is 15.4 Å². The minimum atomic E-state index is -0.447. The van der Waals surface area contributed by atoms with Crippen LogP contribution in [0.15, 0.2) is 36.7 Å². The summed E-state index contributed by atoms with van der Waals surface area (Å²) in [5, 5.41) is 7.75. The molecular formula is C17H15ClN4O3S. The SMILES string of the molecule is CCOC(=O)c1sc(NC(=O)c2cnn(-c3cccc(Cl)c3)c2)nc1C. The zero-order chi connectivity index (χ0) is 18.7. The van der Waals surface area contributed by atoms with Gasteiger partial charge < -0.3 is 4.74 Å². The van der Waals surface area contributed by atoms with E-state index in [1.165, 1.54) is 6.20 Å². The number of hydrogen-bond acceptors (Lipinski definition) is 6. The summed E-state index contributed by atoms with van der Waals surface area (Å²) in [5.41, 5.74) is 1.61. The molecule has 2 heterocycles. The second-order valence-corrected chi connectivity index (χ2v) is 6.70. The van der Waals surface area contributed by atoms with Gasteiger partial charge in [-0.2, -0.15) is 5.10 Å². The number of anilines is 1. The summed E-state index contributed by atoms with van der Waals surface area (Å²) in [7, 11) is 0. The third-order valence-corrected chi connectivity index (χ3v) is 4.68. The Morgan fingerprint density at radius 2 is 2.19 bits per heavy atom. The van der Waals surface area contributed by atoms with Crippen molar-refractivity contribution >= 4 is 39.9 Å². The molecule has 2 aromatic heterocycles. The van der Waals surface area contributed by atoms with Gasteiger partial charge in [0.05, 0.1) is 29.7 Å². The fourth-order valence-electron chi connectivity index (χ4n) is 2.21. The van der Waals surface area contributed by atoms with Gasteiger partial charge in [0.1, 0.15) is 4.88 Å².